The summed E-state index contributed by atoms with van der Waals surface area (Å²) < 4.78 is 13.5. The summed E-state index contributed by atoms with van der Waals surface area (Å²) in [5.74, 6) is -1.38. The highest BCUT2D eigenvalue weighted by Gasteiger charge is 2.12. The summed E-state index contributed by atoms with van der Waals surface area (Å²) in [6.07, 6.45) is 0. The molecule has 0 aliphatic rings. The minimum atomic E-state index is -0.541. The topological polar surface area (TPSA) is 96.0 Å². The number of nitrogens with one attached hydrogen (secondary N) is 3. The van der Waals surface area contributed by atoms with Crippen LogP contribution in [0.5, 0.6) is 0 Å². The average molecular weight is 466 g/mol. The second-order valence-corrected chi connectivity index (χ2v) is 8.84. The van der Waals surface area contributed by atoms with E-state index in [1.807, 2.05) is 26.0 Å². The predicted octanol–water partition coefficient (Wildman–Crippen LogP) is 4.24. The van der Waals surface area contributed by atoms with Gasteiger partial charge in [-0.1, -0.05) is 40.8 Å². The van der Waals surface area contributed by atoms with Gasteiger partial charge in [0.2, 0.25) is 11.0 Å². The number of aryl methyl sites for hydroxylation is 2. The van der Waals surface area contributed by atoms with Crippen molar-refractivity contribution in [2.24, 2.45) is 0 Å². The Morgan fingerprint density at radius 3 is 2.57 bits per heavy atom. The average Bonchev–Trinajstić information content (AvgIpc) is 3.15. The molecule has 30 heavy (non-hydrogen) atoms. The largest absolute Gasteiger partial charge is 0.329 e. The first-order chi connectivity index (χ1) is 14.3. The van der Waals surface area contributed by atoms with E-state index in [2.05, 4.69) is 26.4 Å². The van der Waals surface area contributed by atoms with Crippen molar-refractivity contribution in [2.75, 3.05) is 11.1 Å². The fourth-order valence-corrected chi connectivity index (χ4v) is 4.39. The van der Waals surface area contributed by atoms with Crippen molar-refractivity contribution in [3.63, 3.8) is 0 Å². The van der Waals surface area contributed by atoms with Crippen molar-refractivity contribution >= 4 is 57.3 Å². The van der Waals surface area contributed by atoms with E-state index in [1.54, 1.807) is 0 Å². The first kappa shape index (κ1) is 22.0. The van der Waals surface area contributed by atoms with E-state index in [1.165, 1.54) is 47.4 Å². The van der Waals surface area contributed by atoms with Gasteiger partial charge in [0.1, 0.15) is 5.82 Å². The molecule has 1 heterocycles. The van der Waals surface area contributed by atoms with Crippen LogP contribution in [0.15, 0.2) is 40.7 Å². The van der Waals surface area contributed by atoms with E-state index in [0.29, 0.717) is 14.5 Å². The zero-order chi connectivity index (χ0) is 21.7. The normalized spacial score (nSPS) is 10.5. The number of nitrogens with zero attached hydrogens (tertiary/aromatic N) is 2. The molecular formula is C19H17ClFN5O2S2. The molecule has 1 aromatic heterocycles. The maximum atomic E-state index is 12.9. The van der Waals surface area contributed by atoms with E-state index in [-0.39, 0.29) is 11.3 Å². The van der Waals surface area contributed by atoms with Gasteiger partial charge in [0, 0.05) is 5.56 Å². The van der Waals surface area contributed by atoms with E-state index >= 15 is 0 Å². The van der Waals surface area contributed by atoms with Crippen LogP contribution in [-0.2, 0) is 4.79 Å². The number of halogens is 2. The number of hydrogen-bond donors (Lipinski definition) is 3. The maximum absolute atomic E-state index is 12.9. The van der Waals surface area contributed by atoms with Gasteiger partial charge in [-0.25, -0.2) is 4.39 Å². The molecule has 0 unspecified atom stereocenters. The Hall–Kier alpha value is -2.69. The number of benzene rings is 2. The molecule has 0 fully saturated rings. The standard InChI is InChI=1S/C19H17ClFN5O2S2/c1-10-7-11(2)16(14(20)8-10)22-18-25-26-19(30-18)29-9-15(27)23-24-17(28)12-3-5-13(21)6-4-12/h3-8H,9H2,1-2H3,(H,22,25)(H,23,27)(H,24,28). The zero-order valence-corrected chi connectivity index (χ0v) is 18.3. The highest BCUT2D eigenvalue weighted by molar-refractivity contribution is 8.01. The molecule has 156 valence electrons. The highest BCUT2D eigenvalue weighted by atomic mass is 35.5. The molecule has 0 radical (unpaired) electrons. The number of thioether (sulfide) groups is 1. The summed E-state index contributed by atoms with van der Waals surface area (Å²) in [6, 6.07) is 8.85. The number of rotatable bonds is 6. The van der Waals surface area contributed by atoms with Crippen LogP contribution in [0.3, 0.4) is 0 Å². The molecule has 0 saturated heterocycles. The maximum Gasteiger partial charge on any atom is 0.269 e. The number of hydrazine groups is 1. The summed E-state index contributed by atoms with van der Waals surface area (Å²) in [7, 11) is 0. The summed E-state index contributed by atoms with van der Waals surface area (Å²) >= 11 is 8.75. The van der Waals surface area contributed by atoms with E-state index < -0.39 is 17.6 Å². The van der Waals surface area contributed by atoms with Crippen LogP contribution in [-0.4, -0.2) is 27.8 Å². The monoisotopic (exact) mass is 465 g/mol. The van der Waals surface area contributed by atoms with E-state index in [9.17, 15) is 14.0 Å². The molecule has 3 aromatic rings. The first-order valence-corrected chi connectivity index (χ1v) is 10.8. The molecule has 3 N–H and O–H groups in total. The lowest BCUT2D eigenvalue weighted by atomic mass is 10.1. The van der Waals surface area contributed by atoms with E-state index in [0.717, 1.165) is 16.8 Å². The Morgan fingerprint density at radius 1 is 1.13 bits per heavy atom. The Kier molecular flexibility index (Phi) is 7.24. The van der Waals surface area contributed by atoms with Crippen molar-refractivity contribution < 1.29 is 14.0 Å². The predicted molar refractivity (Wildman–Crippen MR) is 117 cm³/mol. The summed E-state index contributed by atoms with van der Waals surface area (Å²) in [5, 5.41) is 12.4. The van der Waals surface area contributed by atoms with Gasteiger partial charge in [-0.3, -0.25) is 20.4 Å². The molecule has 0 saturated carbocycles. The van der Waals surface area contributed by atoms with Crippen molar-refractivity contribution in [1.29, 1.82) is 0 Å². The van der Waals surface area contributed by atoms with Crippen molar-refractivity contribution in [3.8, 4) is 0 Å². The van der Waals surface area contributed by atoms with Gasteiger partial charge in [-0.2, -0.15) is 0 Å². The second kappa shape index (κ2) is 9.88. The van der Waals surface area contributed by atoms with Gasteiger partial charge in [0.25, 0.3) is 5.91 Å². The number of carbonyl (C=O) groups is 2. The van der Waals surface area contributed by atoms with Gasteiger partial charge >= 0.3 is 0 Å². The summed E-state index contributed by atoms with van der Waals surface area (Å²) in [5.41, 5.74) is 7.62. The molecule has 2 amide bonds. The fraction of sp³-hybridized carbons (Fsp3) is 0.158. The minimum absolute atomic E-state index is 0.0304. The Balaban J connectivity index is 1.48. The van der Waals surface area contributed by atoms with Gasteiger partial charge < -0.3 is 5.32 Å². The van der Waals surface area contributed by atoms with Crippen LogP contribution >= 0.6 is 34.7 Å². The third-order valence-electron chi connectivity index (χ3n) is 3.82. The summed E-state index contributed by atoms with van der Waals surface area (Å²) in [6.45, 7) is 3.91. The lowest BCUT2D eigenvalue weighted by Crippen LogP contribution is -2.42. The number of carbonyl (C=O) groups excluding carboxylic acids is 2. The number of aromatic nitrogens is 2. The number of anilines is 2. The van der Waals surface area contributed by atoms with Crippen LogP contribution in [0.1, 0.15) is 21.5 Å². The Labute approximate surface area is 185 Å². The zero-order valence-electron chi connectivity index (χ0n) is 16.0. The Morgan fingerprint density at radius 2 is 1.87 bits per heavy atom. The van der Waals surface area contributed by atoms with Crippen LogP contribution in [0.25, 0.3) is 0 Å². The van der Waals surface area contributed by atoms with Gasteiger partial charge in [0.15, 0.2) is 4.34 Å². The highest BCUT2D eigenvalue weighted by Crippen LogP contribution is 2.33. The molecule has 0 spiro atoms. The third kappa shape index (κ3) is 5.91. The van der Waals surface area contributed by atoms with Crippen LogP contribution in [0.4, 0.5) is 15.2 Å². The molecule has 3 rings (SSSR count). The summed E-state index contributed by atoms with van der Waals surface area (Å²) in [4.78, 5) is 23.8. The molecule has 11 heteroatoms. The lowest BCUT2D eigenvalue weighted by Gasteiger charge is -2.09. The quantitative estimate of drug-likeness (QED) is 0.372. The molecule has 0 aliphatic heterocycles. The number of hydrogen-bond acceptors (Lipinski definition) is 7. The molecule has 7 nitrogen and oxygen atoms in total. The second-order valence-electron chi connectivity index (χ2n) is 6.23. The van der Waals surface area contributed by atoms with Gasteiger partial charge in [-0.15, -0.1) is 10.2 Å². The van der Waals surface area contributed by atoms with Gasteiger partial charge in [0.05, 0.1) is 16.5 Å². The minimum Gasteiger partial charge on any atom is -0.329 e. The van der Waals surface area contributed by atoms with Crippen LogP contribution < -0.4 is 16.2 Å². The molecule has 0 bridgehead atoms. The van der Waals surface area contributed by atoms with Crippen LogP contribution in [0, 0.1) is 19.7 Å². The Bertz CT molecular complexity index is 1050. The molecular weight excluding hydrogens is 449 g/mol. The third-order valence-corrected chi connectivity index (χ3v) is 6.09. The van der Waals surface area contributed by atoms with E-state index in [4.69, 9.17) is 11.6 Å². The molecule has 0 aliphatic carbocycles. The fourth-order valence-electron chi connectivity index (χ4n) is 2.46. The SMILES string of the molecule is Cc1cc(C)c(Nc2nnc(SCC(=O)NNC(=O)c3ccc(F)cc3)s2)c(Cl)c1. The molecule has 0 atom stereocenters. The lowest BCUT2D eigenvalue weighted by molar-refractivity contribution is -0.119. The van der Waals surface area contributed by atoms with Crippen LogP contribution in [0.2, 0.25) is 5.02 Å². The van der Waals surface area contributed by atoms with Crippen molar-refractivity contribution in [2.45, 2.75) is 18.2 Å². The van der Waals surface area contributed by atoms with Crippen molar-refractivity contribution in [1.82, 2.24) is 21.0 Å². The molecule has 2 aromatic carbocycles. The van der Waals surface area contributed by atoms with Crippen molar-refractivity contribution in [3.05, 3.63) is 63.9 Å². The first-order valence-electron chi connectivity index (χ1n) is 8.66. The smallest absolute Gasteiger partial charge is 0.269 e. The number of amides is 2. The van der Waals surface area contributed by atoms with Gasteiger partial charge in [-0.05, 0) is 55.3 Å².